The molecular weight excluding hydrogens is 216 g/mol. The number of rotatable bonds is 3. The van der Waals surface area contributed by atoms with Crippen molar-refractivity contribution in [2.24, 2.45) is 5.73 Å². The quantitative estimate of drug-likeness (QED) is 0.862. The van der Waals surface area contributed by atoms with Gasteiger partial charge in [0.05, 0.1) is 13.2 Å². The summed E-state index contributed by atoms with van der Waals surface area (Å²) in [5, 5.41) is 0. The second kappa shape index (κ2) is 5.38. The summed E-state index contributed by atoms with van der Waals surface area (Å²) in [6.45, 7) is 2.25. The van der Waals surface area contributed by atoms with Crippen LogP contribution in [0.1, 0.15) is 18.0 Å². The molecule has 1 heterocycles. The average Bonchev–Trinajstić information content (AvgIpc) is 2.51. The van der Waals surface area contributed by atoms with Gasteiger partial charge in [-0.2, -0.15) is 0 Å². The van der Waals surface area contributed by atoms with Gasteiger partial charge in [-0.15, -0.1) is 0 Å². The Morgan fingerprint density at radius 2 is 1.94 bits per heavy atom. The van der Waals surface area contributed by atoms with Crippen molar-refractivity contribution in [2.45, 2.75) is 12.5 Å². The summed E-state index contributed by atoms with van der Waals surface area (Å²) in [6, 6.07) is 5.96. The Kier molecular flexibility index (Phi) is 3.86. The lowest BCUT2D eigenvalue weighted by Gasteiger charge is -2.18. The van der Waals surface area contributed by atoms with Crippen LogP contribution in [0.4, 0.5) is 0 Å². The van der Waals surface area contributed by atoms with Crippen LogP contribution in [-0.2, 0) is 0 Å². The maximum Gasteiger partial charge on any atom is 0.161 e. The van der Waals surface area contributed by atoms with Crippen molar-refractivity contribution >= 4 is 0 Å². The van der Waals surface area contributed by atoms with Gasteiger partial charge >= 0.3 is 0 Å². The van der Waals surface area contributed by atoms with Gasteiger partial charge in [0, 0.05) is 19.0 Å². The number of nitrogens with zero attached hydrogens (tertiary/aromatic N) is 1. The SMILES string of the molecule is CN(C)CC(N)c1ccc2c(c1)OCCCO2. The van der Waals surface area contributed by atoms with Crippen LogP contribution < -0.4 is 15.2 Å². The zero-order valence-corrected chi connectivity index (χ0v) is 10.5. The third-order valence-electron chi connectivity index (χ3n) is 2.76. The molecule has 1 aliphatic heterocycles. The number of benzene rings is 1. The van der Waals surface area contributed by atoms with Gasteiger partial charge in [-0.25, -0.2) is 0 Å². The minimum atomic E-state index is 0.00199. The van der Waals surface area contributed by atoms with E-state index in [1.165, 1.54) is 0 Å². The van der Waals surface area contributed by atoms with Crippen LogP contribution >= 0.6 is 0 Å². The lowest BCUT2D eigenvalue weighted by Crippen LogP contribution is -2.25. The first kappa shape index (κ1) is 12.2. The minimum Gasteiger partial charge on any atom is -0.490 e. The van der Waals surface area contributed by atoms with Crippen molar-refractivity contribution < 1.29 is 9.47 Å². The first-order chi connectivity index (χ1) is 8.16. The lowest BCUT2D eigenvalue weighted by molar-refractivity contribution is 0.297. The fraction of sp³-hybridized carbons (Fsp3) is 0.538. The maximum absolute atomic E-state index is 6.13. The van der Waals surface area contributed by atoms with Gasteiger partial charge in [0.1, 0.15) is 0 Å². The Labute approximate surface area is 102 Å². The monoisotopic (exact) mass is 236 g/mol. The van der Waals surface area contributed by atoms with Crippen LogP contribution in [-0.4, -0.2) is 38.8 Å². The fourth-order valence-corrected chi connectivity index (χ4v) is 1.91. The van der Waals surface area contributed by atoms with Crippen molar-refractivity contribution in [3.8, 4) is 11.5 Å². The zero-order chi connectivity index (χ0) is 12.3. The van der Waals surface area contributed by atoms with Gasteiger partial charge in [-0.1, -0.05) is 6.07 Å². The summed E-state index contributed by atoms with van der Waals surface area (Å²) in [5.41, 5.74) is 7.22. The molecule has 1 aromatic rings. The second-order valence-electron chi connectivity index (χ2n) is 4.63. The highest BCUT2D eigenvalue weighted by Crippen LogP contribution is 2.31. The summed E-state index contributed by atoms with van der Waals surface area (Å²) in [6.07, 6.45) is 0.924. The van der Waals surface area contributed by atoms with E-state index >= 15 is 0 Å². The second-order valence-corrected chi connectivity index (χ2v) is 4.63. The molecule has 1 aliphatic rings. The fourth-order valence-electron chi connectivity index (χ4n) is 1.91. The predicted molar refractivity (Wildman–Crippen MR) is 67.5 cm³/mol. The Morgan fingerprint density at radius 3 is 2.65 bits per heavy atom. The third-order valence-corrected chi connectivity index (χ3v) is 2.76. The van der Waals surface area contributed by atoms with E-state index in [1.54, 1.807) is 0 Å². The highest BCUT2D eigenvalue weighted by molar-refractivity contribution is 5.44. The molecule has 17 heavy (non-hydrogen) atoms. The highest BCUT2D eigenvalue weighted by atomic mass is 16.5. The van der Waals surface area contributed by atoms with Crippen molar-refractivity contribution in [3.05, 3.63) is 23.8 Å². The highest BCUT2D eigenvalue weighted by Gasteiger charge is 2.14. The molecule has 0 aliphatic carbocycles. The van der Waals surface area contributed by atoms with Crippen molar-refractivity contribution in [1.29, 1.82) is 0 Å². The summed E-state index contributed by atoms with van der Waals surface area (Å²) >= 11 is 0. The predicted octanol–water partition coefficient (Wildman–Crippen LogP) is 1.41. The molecule has 0 amide bonds. The van der Waals surface area contributed by atoms with E-state index in [0.29, 0.717) is 6.61 Å². The Morgan fingerprint density at radius 1 is 1.24 bits per heavy atom. The van der Waals surface area contributed by atoms with Gasteiger partial charge in [0.25, 0.3) is 0 Å². The van der Waals surface area contributed by atoms with Crippen LogP contribution in [0.25, 0.3) is 0 Å². The molecular formula is C13H20N2O2. The van der Waals surface area contributed by atoms with Crippen molar-refractivity contribution in [3.63, 3.8) is 0 Å². The molecule has 1 atom stereocenters. The van der Waals surface area contributed by atoms with E-state index in [1.807, 2.05) is 32.3 Å². The summed E-state index contributed by atoms with van der Waals surface area (Å²) in [4.78, 5) is 2.08. The van der Waals surface area contributed by atoms with Crippen LogP contribution in [0.2, 0.25) is 0 Å². The Bertz CT molecular complexity index is 380. The number of ether oxygens (including phenoxy) is 2. The molecule has 2 N–H and O–H groups in total. The minimum absolute atomic E-state index is 0.00199. The van der Waals surface area contributed by atoms with E-state index in [-0.39, 0.29) is 6.04 Å². The smallest absolute Gasteiger partial charge is 0.161 e. The number of hydrogen-bond acceptors (Lipinski definition) is 4. The zero-order valence-electron chi connectivity index (χ0n) is 10.5. The molecule has 1 aromatic carbocycles. The molecule has 0 aromatic heterocycles. The molecule has 4 nitrogen and oxygen atoms in total. The van der Waals surface area contributed by atoms with Crippen LogP contribution in [0.15, 0.2) is 18.2 Å². The largest absolute Gasteiger partial charge is 0.490 e. The Hall–Kier alpha value is -1.26. The molecule has 0 saturated heterocycles. The molecule has 2 rings (SSSR count). The molecule has 1 unspecified atom stereocenters. The normalized spacial score (nSPS) is 16.7. The molecule has 4 heteroatoms. The van der Waals surface area contributed by atoms with E-state index in [2.05, 4.69) is 4.90 Å². The van der Waals surface area contributed by atoms with Crippen LogP contribution in [0.5, 0.6) is 11.5 Å². The lowest BCUT2D eigenvalue weighted by atomic mass is 10.1. The number of hydrogen-bond donors (Lipinski definition) is 1. The number of fused-ring (bicyclic) bond motifs is 1. The standard InChI is InChI=1S/C13H20N2O2/c1-15(2)9-11(14)10-4-5-12-13(8-10)17-7-3-6-16-12/h4-5,8,11H,3,6-7,9,14H2,1-2H3. The van der Waals surface area contributed by atoms with E-state index < -0.39 is 0 Å². The van der Waals surface area contributed by atoms with Gasteiger partial charge < -0.3 is 20.1 Å². The molecule has 0 spiro atoms. The molecule has 0 bridgehead atoms. The van der Waals surface area contributed by atoms with Gasteiger partial charge in [0.2, 0.25) is 0 Å². The molecule has 0 radical (unpaired) electrons. The van der Waals surface area contributed by atoms with Crippen LogP contribution in [0.3, 0.4) is 0 Å². The number of likely N-dealkylation sites (N-methyl/N-ethyl adjacent to an activating group) is 1. The van der Waals surface area contributed by atoms with E-state index in [0.717, 1.165) is 36.6 Å². The number of nitrogens with two attached hydrogens (primary N) is 1. The van der Waals surface area contributed by atoms with Gasteiger partial charge in [0.15, 0.2) is 11.5 Å². The molecule has 0 fully saturated rings. The molecule has 0 saturated carbocycles. The van der Waals surface area contributed by atoms with Crippen LogP contribution in [0, 0.1) is 0 Å². The van der Waals surface area contributed by atoms with Crippen molar-refractivity contribution in [2.75, 3.05) is 33.9 Å². The summed E-state index contributed by atoms with van der Waals surface area (Å²) in [5.74, 6) is 1.64. The summed E-state index contributed by atoms with van der Waals surface area (Å²) < 4.78 is 11.2. The topological polar surface area (TPSA) is 47.7 Å². The first-order valence-electron chi connectivity index (χ1n) is 5.96. The molecule has 94 valence electrons. The Balaban J connectivity index is 2.17. The van der Waals surface area contributed by atoms with E-state index in [9.17, 15) is 0 Å². The summed E-state index contributed by atoms with van der Waals surface area (Å²) in [7, 11) is 4.03. The van der Waals surface area contributed by atoms with Crippen molar-refractivity contribution in [1.82, 2.24) is 4.90 Å². The van der Waals surface area contributed by atoms with Gasteiger partial charge in [-0.3, -0.25) is 0 Å². The van der Waals surface area contributed by atoms with E-state index in [4.69, 9.17) is 15.2 Å². The maximum atomic E-state index is 6.13. The third kappa shape index (κ3) is 3.11. The first-order valence-corrected chi connectivity index (χ1v) is 5.96. The average molecular weight is 236 g/mol. The van der Waals surface area contributed by atoms with Gasteiger partial charge in [-0.05, 0) is 31.8 Å².